The van der Waals surface area contributed by atoms with Crippen molar-refractivity contribution in [3.8, 4) is 0 Å². The van der Waals surface area contributed by atoms with E-state index in [9.17, 15) is 0 Å². The average Bonchev–Trinajstić information content (AvgIpc) is 2.66. The third-order valence-corrected chi connectivity index (χ3v) is 5.41. The third-order valence-electron chi connectivity index (χ3n) is 4.93. The number of hydrogen-bond donors (Lipinski definition) is 0. The zero-order valence-electron chi connectivity index (χ0n) is 12.4. The van der Waals surface area contributed by atoms with Crippen LogP contribution in [0.4, 0.5) is 11.4 Å². The van der Waals surface area contributed by atoms with Crippen molar-refractivity contribution >= 4 is 23.0 Å². The predicted molar refractivity (Wildman–Crippen MR) is 84.8 cm³/mol. The molecule has 20 heavy (non-hydrogen) atoms. The van der Waals surface area contributed by atoms with Gasteiger partial charge in [-0.05, 0) is 49.7 Å². The monoisotopic (exact) mass is 288 g/mol. The van der Waals surface area contributed by atoms with Crippen LogP contribution in [0.15, 0.2) is 12.1 Å². The maximum atomic E-state index is 7.17. The maximum Gasteiger partial charge on any atom is 0.205 e. The van der Waals surface area contributed by atoms with Gasteiger partial charge >= 0.3 is 0 Å². The van der Waals surface area contributed by atoms with E-state index in [1.54, 1.807) is 0 Å². The Bertz CT molecular complexity index is 569. The van der Waals surface area contributed by atoms with Crippen LogP contribution in [0.5, 0.6) is 0 Å². The quantitative estimate of drug-likeness (QED) is 0.632. The van der Waals surface area contributed by atoms with Crippen molar-refractivity contribution in [1.29, 1.82) is 0 Å². The number of benzene rings is 1. The van der Waals surface area contributed by atoms with Gasteiger partial charge in [-0.1, -0.05) is 31.5 Å². The second-order valence-corrected chi connectivity index (χ2v) is 7.40. The van der Waals surface area contributed by atoms with Gasteiger partial charge in [-0.15, -0.1) is 0 Å². The van der Waals surface area contributed by atoms with Crippen LogP contribution in [0.1, 0.15) is 45.1 Å². The van der Waals surface area contributed by atoms with Gasteiger partial charge in [0.15, 0.2) is 0 Å². The highest BCUT2D eigenvalue weighted by Crippen LogP contribution is 2.48. The molecule has 0 amide bonds. The van der Waals surface area contributed by atoms with Gasteiger partial charge in [0, 0.05) is 17.8 Å². The lowest BCUT2D eigenvalue weighted by Gasteiger charge is -2.45. The molecule has 2 heterocycles. The Balaban J connectivity index is 2.00. The zero-order chi connectivity index (χ0) is 14.5. The van der Waals surface area contributed by atoms with Crippen LogP contribution in [0.2, 0.25) is 5.02 Å². The fraction of sp³-hybridized carbons (Fsp3) is 0.588. The number of fused-ring (bicyclic) bond motifs is 2. The summed E-state index contributed by atoms with van der Waals surface area (Å²) in [5.41, 5.74) is 3.33. The first-order valence-electron chi connectivity index (χ1n) is 7.38. The molecule has 3 heteroatoms. The molecule has 2 aliphatic rings. The number of halogens is 1. The molecule has 2 atom stereocenters. The van der Waals surface area contributed by atoms with Crippen LogP contribution in [-0.4, -0.2) is 12.1 Å². The molecule has 1 aromatic carbocycles. The van der Waals surface area contributed by atoms with E-state index in [2.05, 4.69) is 29.7 Å². The van der Waals surface area contributed by atoms with Crippen LogP contribution in [0.3, 0.4) is 0 Å². The molecule has 106 valence electrons. The lowest BCUT2D eigenvalue weighted by atomic mass is 9.78. The smallest absolute Gasteiger partial charge is 0.205 e. The minimum Gasteiger partial charge on any atom is -0.365 e. The summed E-state index contributed by atoms with van der Waals surface area (Å²) in [5.74, 6) is 0. The lowest BCUT2D eigenvalue weighted by Crippen LogP contribution is -2.46. The van der Waals surface area contributed by atoms with Gasteiger partial charge in [0.05, 0.1) is 11.6 Å². The van der Waals surface area contributed by atoms with Crippen molar-refractivity contribution in [2.75, 3.05) is 4.90 Å². The molecule has 0 aliphatic carbocycles. The van der Waals surface area contributed by atoms with E-state index in [0.717, 1.165) is 5.56 Å². The third kappa shape index (κ3) is 2.09. The summed E-state index contributed by atoms with van der Waals surface area (Å²) < 4.78 is 0. The van der Waals surface area contributed by atoms with Crippen LogP contribution < -0.4 is 4.90 Å². The minimum absolute atomic E-state index is 0.455. The Morgan fingerprint density at radius 1 is 1.25 bits per heavy atom. The standard InChI is InChI=1S/C17H21ClN2/c1-11-15(8-7-14(19-4)16(11)18)20-12-5-6-13(20)10-17(2,3)9-12/h7-8,12-13H,5-6,9-10H2,1-3H3. The summed E-state index contributed by atoms with van der Waals surface area (Å²) in [6.45, 7) is 14.0. The van der Waals surface area contributed by atoms with Crippen molar-refractivity contribution in [2.45, 2.75) is 58.5 Å². The van der Waals surface area contributed by atoms with Gasteiger partial charge < -0.3 is 4.90 Å². The summed E-state index contributed by atoms with van der Waals surface area (Å²) >= 11 is 6.35. The van der Waals surface area contributed by atoms with E-state index >= 15 is 0 Å². The van der Waals surface area contributed by atoms with Gasteiger partial charge in [0.2, 0.25) is 5.69 Å². The van der Waals surface area contributed by atoms with Crippen molar-refractivity contribution in [3.63, 3.8) is 0 Å². The maximum absolute atomic E-state index is 7.17. The Hall–Kier alpha value is -1.20. The highest BCUT2D eigenvalue weighted by atomic mass is 35.5. The molecular weight excluding hydrogens is 268 g/mol. The number of nitrogens with zero attached hydrogens (tertiary/aromatic N) is 2. The first-order valence-corrected chi connectivity index (χ1v) is 7.75. The largest absolute Gasteiger partial charge is 0.365 e. The molecule has 0 spiro atoms. The van der Waals surface area contributed by atoms with E-state index < -0.39 is 0 Å². The molecule has 0 aromatic heterocycles. The second kappa shape index (κ2) is 4.67. The van der Waals surface area contributed by atoms with Crippen LogP contribution in [0, 0.1) is 18.9 Å². The minimum atomic E-state index is 0.455. The van der Waals surface area contributed by atoms with Crippen molar-refractivity contribution in [3.05, 3.63) is 34.1 Å². The number of rotatable bonds is 1. The van der Waals surface area contributed by atoms with Gasteiger partial charge in [0.1, 0.15) is 0 Å². The number of anilines is 1. The summed E-state index contributed by atoms with van der Waals surface area (Å²) in [4.78, 5) is 6.08. The van der Waals surface area contributed by atoms with Crippen LogP contribution in [0.25, 0.3) is 4.85 Å². The molecule has 0 saturated carbocycles. The Morgan fingerprint density at radius 2 is 1.85 bits per heavy atom. The zero-order valence-corrected chi connectivity index (χ0v) is 13.2. The molecule has 0 N–H and O–H groups in total. The normalized spacial score (nSPS) is 27.4. The van der Waals surface area contributed by atoms with Gasteiger partial charge in [-0.2, -0.15) is 0 Å². The van der Waals surface area contributed by atoms with Crippen molar-refractivity contribution in [2.24, 2.45) is 5.41 Å². The molecule has 2 saturated heterocycles. The topological polar surface area (TPSA) is 7.60 Å². The molecule has 1 aromatic rings. The predicted octanol–water partition coefficient (Wildman–Crippen LogP) is 5.36. The van der Waals surface area contributed by atoms with E-state index in [4.69, 9.17) is 18.2 Å². The van der Waals surface area contributed by atoms with Gasteiger partial charge in [-0.25, -0.2) is 4.85 Å². The highest BCUT2D eigenvalue weighted by molar-refractivity contribution is 6.34. The molecule has 2 aliphatic heterocycles. The summed E-state index contributed by atoms with van der Waals surface area (Å²) in [7, 11) is 0. The fourth-order valence-electron chi connectivity index (χ4n) is 4.14. The average molecular weight is 289 g/mol. The summed E-state index contributed by atoms with van der Waals surface area (Å²) in [5, 5.41) is 0.627. The SMILES string of the molecule is [C-]#[N+]c1ccc(N2C3CCC2CC(C)(C)C3)c(C)c1Cl. The fourth-order valence-corrected chi connectivity index (χ4v) is 4.34. The number of hydrogen-bond acceptors (Lipinski definition) is 1. The molecule has 2 fully saturated rings. The summed E-state index contributed by atoms with van der Waals surface area (Å²) in [6.07, 6.45) is 5.09. The van der Waals surface area contributed by atoms with Crippen molar-refractivity contribution < 1.29 is 0 Å². The molecule has 2 nitrogen and oxygen atoms in total. The molecule has 0 radical (unpaired) electrons. The molecular formula is C17H21ClN2. The van der Waals surface area contributed by atoms with E-state index in [1.807, 2.05) is 13.0 Å². The number of piperidine rings is 1. The summed E-state index contributed by atoms with van der Waals surface area (Å²) in [6, 6.07) is 5.24. The van der Waals surface area contributed by atoms with Gasteiger partial charge in [0.25, 0.3) is 0 Å². The Morgan fingerprint density at radius 3 is 2.40 bits per heavy atom. The second-order valence-electron chi connectivity index (χ2n) is 7.02. The first kappa shape index (κ1) is 13.8. The molecule has 2 bridgehead atoms. The lowest BCUT2D eigenvalue weighted by molar-refractivity contribution is 0.233. The van der Waals surface area contributed by atoms with E-state index in [1.165, 1.54) is 31.4 Å². The van der Waals surface area contributed by atoms with E-state index in [-0.39, 0.29) is 0 Å². The first-order chi connectivity index (χ1) is 9.43. The van der Waals surface area contributed by atoms with Crippen LogP contribution in [-0.2, 0) is 0 Å². The molecule has 3 rings (SSSR count). The van der Waals surface area contributed by atoms with Crippen LogP contribution >= 0.6 is 11.6 Å². The highest BCUT2D eigenvalue weighted by Gasteiger charge is 2.44. The Kier molecular flexibility index (Phi) is 3.21. The van der Waals surface area contributed by atoms with Gasteiger partial charge in [-0.3, -0.25) is 0 Å². The Labute approximate surface area is 126 Å². The van der Waals surface area contributed by atoms with Crippen molar-refractivity contribution in [1.82, 2.24) is 0 Å². The molecule has 2 unspecified atom stereocenters. The van der Waals surface area contributed by atoms with E-state index in [0.29, 0.717) is 28.2 Å².